The smallest absolute Gasteiger partial charge is 0.195 e. The molecule has 14 heavy (non-hydrogen) atoms. The Hall–Kier alpha value is -0.120. The summed E-state index contributed by atoms with van der Waals surface area (Å²) in [4.78, 5) is 0. The van der Waals surface area contributed by atoms with Gasteiger partial charge in [0.25, 0.3) is 0 Å². The van der Waals surface area contributed by atoms with E-state index in [1.54, 1.807) is 0 Å². The van der Waals surface area contributed by atoms with Crippen molar-refractivity contribution in [3.63, 3.8) is 0 Å². The molecule has 2 saturated carbocycles. The molecule has 0 aromatic carbocycles. The first-order chi connectivity index (χ1) is 6.31. The Balaban J connectivity index is 2.20. The van der Waals surface area contributed by atoms with Gasteiger partial charge in [0.15, 0.2) is 0 Å². The van der Waals surface area contributed by atoms with Crippen LogP contribution in [-0.4, -0.2) is 14.2 Å². The Morgan fingerprint density at radius 1 is 1.36 bits per heavy atom. The Labute approximate surface area is 85.1 Å². The monoisotopic (exact) mass is 220 g/mol. The van der Waals surface area contributed by atoms with Crippen molar-refractivity contribution in [3.8, 4) is 0 Å². The van der Waals surface area contributed by atoms with Gasteiger partial charge in [-0.15, -0.1) is 3.89 Å². The summed E-state index contributed by atoms with van der Waals surface area (Å²) in [7, 11) is -4.30. The molecule has 2 aliphatic rings. The molecule has 3 unspecified atom stereocenters. The maximum atomic E-state index is 12.7. The maximum absolute atomic E-state index is 12.7. The van der Waals surface area contributed by atoms with Crippen LogP contribution in [0.4, 0.5) is 3.89 Å². The highest BCUT2D eigenvalue weighted by Crippen LogP contribution is 2.59. The molecule has 0 spiro atoms. The average molecular weight is 220 g/mol. The van der Waals surface area contributed by atoms with E-state index in [0.717, 1.165) is 12.8 Å². The van der Waals surface area contributed by atoms with Crippen molar-refractivity contribution in [2.24, 2.45) is 23.2 Å². The van der Waals surface area contributed by atoms with E-state index in [0.29, 0.717) is 11.8 Å². The minimum absolute atomic E-state index is 0.0159. The second-order valence-electron chi connectivity index (χ2n) is 5.40. The first kappa shape index (κ1) is 10.4. The molecule has 2 rings (SSSR count). The lowest BCUT2D eigenvalue weighted by Crippen LogP contribution is -2.34. The molecule has 2 bridgehead atoms. The summed E-state index contributed by atoms with van der Waals surface area (Å²) >= 11 is 0. The van der Waals surface area contributed by atoms with Crippen molar-refractivity contribution >= 4 is 10.2 Å². The summed E-state index contributed by atoms with van der Waals surface area (Å²) in [5, 5.41) is 0. The molecule has 0 radical (unpaired) electrons. The lowest BCUT2D eigenvalue weighted by atomic mass is 9.69. The topological polar surface area (TPSA) is 34.1 Å². The van der Waals surface area contributed by atoms with Gasteiger partial charge in [-0.25, -0.2) is 0 Å². The summed E-state index contributed by atoms with van der Waals surface area (Å²) < 4.78 is 34.1. The van der Waals surface area contributed by atoms with E-state index in [1.165, 1.54) is 6.42 Å². The number of rotatable bonds is 2. The van der Waals surface area contributed by atoms with Crippen LogP contribution in [0.2, 0.25) is 0 Å². The molecule has 2 aliphatic carbocycles. The Morgan fingerprint density at radius 2 is 2.00 bits per heavy atom. The summed E-state index contributed by atoms with van der Waals surface area (Å²) in [6.07, 6.45) is 3.39. The number of halogens is 1. The summed E-state index contributed by atoms with van der Waals surface area (Å²) in [6, 6.07) is 0. The van der Waals surface area contributed by atoms with Crippen LogP contribution in [0, 0.1) is 23.2 Å². The van der Waals surface area contributed by atoms with Crippen molar-refractivity contribution in [1.82, 2.24) is 0 Å². The minimum Gasteiger partial charge on any atom is -0.195 e. The molecular weight excluding hydrogens is 203 g/mol. The summed E-state index contributed by atoms with van der Waals surface area (Å²) in [5.41, 5.74) is 0.0159. The van der Waals surface area contributed by atoms with E-state index in [9.17, 15) is 12.3 Å². The van der Waals surface area contributed by atoms with Crippen LogP contribution in [0.3, 0.4) is 0 Å². The lowest BCUT2D eigenvalue weighted by Gasteiger charge is -2.37. The maximum Gasteiger partial charge on any atom is 0.302 e. The van der Waals surface area contributed by atoms with Gasteiger partial charge in [-0.1, -0.05) is 13.8 Å². The predicted octanol–water partition coefficient (Wildman–Crippen LogP) is 2.36. The van der Waals surface area contributed by atoms with Crippen LogP contribution in [0.5, 0.6) is 0 Å². The van der Waals surface area contributed by atoms with Crippen LogP contribution in [0.15, 0.2) is 0 Å². The molecule has 0 N–H and O–H groups in total. The van der Waals surface area contributed by atoms with Crippen LogP contribution in [0.25, 0.3) is 0 Å². The van der Waals surface area contributed by atoms with Gasteiger partial charge < -0.3 is 0 Å². The zero-order valence-electron chi connectivity index (χ0n) is 8.66. The molecule has 0 heterocycles. The molecule has 4 heteroatoms. The quantitative estimate of drug-likeness (QED) is 0.669. The van der Waals surface area contributed by atoms with Crippen molar-refractivity contribution in [3.05, 3.63) is 0 Å². The SMILES string of the molecule is CC1(C)C2CCC(C2)C1CS(=O)(=O)F. The molecule has 3 atom stereocenters. The van der Waals surface area contributed by atoms with E-state index in [1.807, 2.05) is 0 Å². The van der Waals surface area contributed by atoms with Crippen molar-refractivity contribution < 1.29 is 12.3 Å². The van der Waals surface area contributed by atoms with Crippen LogP contribution < -0.4 is 0 Å². The highest BCUT2D eigenvalue weighted by Gasteiger charge is 2.53. The average Bonchev–Trinajstić information content (AvgIpc) is 2.51. The van der Waals surface area contributed by atoms with Crippen LogP contribution in [-0.2, 0) is 10.2 Å². The van der Waals surface area contributed by atoms with E-state index in [-0.39, 0.29) is 17.1 Å². The van der Waals surface area contributed by atoms with Gasteiger partial charge in [-0.2, -0.15) is 8.42 Å². The van der Waals surface area contributed by atoms with E-state index < -0.39 is 10.2 Å². The second kappa shape index (κ2) is 2.94. The standard InChI is InChI=1S/C10H17FO2S/c1-10(2)8-4-3-7(5-8)9(10)6-14(11,12)13/h7-9H,3-6H2,1-2H3. The van der Waals surface area contributed by atoms with Gasteiger partial charge in [-0.3, -0.25) is 0 Å². The highest BCUT2D eigenvalue weighted by molar-refractivity contribution is 7.86. The first-order valence-corrected chi connectivity index (χ1v) is 6.78. The molecule has 0 amide bonds. The number of fused-ring (bicyclic) bond motifs is 2. The highest BCUT2D eigenvalue weighted by atomic mass is 32.3. The largest absolute Gasteiger partial charge is 0.302 e. The molecule has 2 fully saturated rings. The number of hydrogen-bond donors (Lipinski definition) is 0. The zero-order valence-corrected chi connectivity index (χ0v) is 9.48. The normalized spacial score (nSPS) is 40.4. The van der Waals surface area contributed by atoms with Gasteiger partial charge in [0.05, 0.1) is 5.75 Å². The Bertz CT molecular complexity index is 334. The third kappa shape index (κ3) is 1.58. The van der Waals surface area contributed by atoms with Gasteiger partial charge in [0.1, 0.15) is 0 Å². The third-order valence-corrected chi connectivity index (χ3v) is 5.19. The zero-order chi connectivity index (χ0) is 10.6. The van der Waals surface area contributed by atoms with Gasteiger partial charge in [-0.05, 0) is 42.4 Å². The van der Waals surface area contributed by atoms with Crippen molar-refractivity contribution in [1.29, 1.82) is 0 Å². The molecule has 0 aromatic heterocycles. The third-order valence-electron chi connectivity index (χ3n) is 4.43. The first-order valence-electron chi connectivity index (χ1n) is 5.23. The predicted molar refractivity (Wildman–Crippen MR) is 53.0 cm³/mol. The van der Waals surface area contributed by atoms with Crippen molar-refractivity contribution in [2.75, 3.05) is 5.75 Å². The van der Waals surface area contributed by atoms with E-state index in [4.69, 9.17) is 0 Å². The fourth-order valence-electron chi connectivity index (χ4n) is 3.53. The van der Waals surface area contributed by atoms with Gasteiger partial charge >= 0.3 is 10.2 Å². The van der Waals surface area contributed by atoms with Crippen LogP contribution in [0.1, 0.15) is 33.1 Å². The molecule has 82 valence electrons. The molecule has 2 nitrogen and oxygen atoms in total. The van der Waals surface area contributed by atoms with E-state index >= 15 is 0 Å². The van der Waals surface area contributed by atoms with E-state index in [2.05, 4.69) is 13.8 Å². The number of hydrogen-bond acceptors (Lipinski definition) is 2. The fourth-order valence-corrected chi connectivity index (χ4v) is 4.66. The molecule has 0 aliphatic heterocycles. The fraction of sp³-hybridized carbons (Fsp3) is 1.00. The Morgan fingerprint density at radius 3 is 2.43 bits per heavy atom. The van der Waals surface area contributed by atoms with Gasteiger partial charge in [0.2, 0.25) is 0 Å². The van der Waals surface area contributed by atoms with Gasteiger partial charge in [0, 0.05) is 0 Å². The lowest BCUT2D eigenvalue weighted by molar-refractivity contribution is 0.138. The molecule has 0 aromatic rings. The summed E-state index contributed by atoms with van der Waals surface area (Å²) in [6.45, 7) is 4.18. The van der Waals surface area contributed by atoms with Crippen molar-refractivity contribution in [2.45, 2.75) is 33.1 Å². The second-order valence-corrected chi connectivity index (χ2v) is 6.81. The molecule has 0 saturated heterocycles. The van der Waals surface area contributed by atoms with Crippen LogP contribution >= 0.6 is 0 Å². The Kier molecular flexibility index (Phi) is 2.18. The molecular formula is C10H17FO2S. The summed E-state index contributed by atoms with van der Waals surface area (Å²) in [5.74, 6) is 0.831. The minimum atomic E-state index is -4.30.